The van der Waals surface area contributed by atoms with E-state index in [1.807, 2.05) is 0 Å². The summed E-state index contributed by atoms with van der Waals surface area (Å²) >= 11 is 0. The van der Waals surface area contributed by atoms with Crippen LogP contribution in [-0.4, -0.2) is 31.7 Å². The minimum atomic E-state index is -0.404. The molecule has 1 fully saturated rings. The Kier molecular flexibility index (Phi) is 6.54. The number of hydrogen-bond acceptors (Lipinski definition) is 3. The van der Waals surface area contributed by atoms with Gasteiger partial charge in [0.2, 0.25) is 0 Å². The Hall–Kier alpha value is -1.26. The number of amides is 2. The SMILES string of the molecule is CCOC(=O)CNC(=O)NCC1CCC(C)CC1. The summed E-state index contributed by atoms with van der Waals surface area (Å²) in [5.41, 5.74) is 0. The standard InChI is InChI=1S/C13H24N2O3/c1-3-18-12(16)9-15-13(17)14-8-11-6-4-10(2)5-7-11/h10-11H,3-9H2,1-2H3,(H2,14,15,17). The van der Waals surface area contributed by atoms with Gasteiger partial charge in [0.25, 0.3) is 0 Å². The molecule has 0 heterocycles. The molecule has 0 saturated heterocycles. The van der Waals surface area contributed by atoms with Crippen molar-refractivity contribution in [3.8, 4) is 0 Å². The summed E-state index contributed by atoms with van der Waals surface area (Å²) in [7, 11) is 0. The second-order valence-electron chi connectivity index (χ2n) is 4.99. The van der Waals surface area contributed by atoms with Crippen LogP contribution in [0.4, 0.5) is 4.79 Å². The van der Waals surface area contributed by atoms with E-state index in [0.29, 0.717) is 19.1 Å². The minimum Gasteiger partial charge on any atom is -0.465 e. The fourth-order valence-corrected chi connectivity index (χ4v) is 2.20. The zero-order valence-corrected chi connectivity index (χ0v) is 11.3. The van der Waals surface area contributed by atoms with Crippen molar-refractivity contribution >= 4 is 12.0 Å². The van der Waals surface area contributed by atoms with Crippen molar-refractivity contribution in [2.75, 3.05) is 19.7 Å². The van der Waals surface area contributed by atoms with Crippen LogP contribution in [0.5, 0.6) is 0 Å². The predicted octanol–water partition coefficient (Wildman–Crippen LogP) is 1.67. The summed E-state index contributed by atoms with van der Waals surface area (Å²) in [6.07, 6.45) is 4.85. The van der Waals surface area contributed by atoms with Gasteiger partial charge in [-0.1, -0.05) is 19.8 Å². The van der Waals surface area contributed by atoms with Crippen molar-refractivity contribution in [3.63, 3.8) is 0 Å². The largest absolute Gasteiger partial charge is 0.465 e. The quantitative estimate of drug-likeness (QED) is 0.735. The lowest BCUT2D eigenvalue weighted by Crippen LogP contribution is -2.41. The summed E-state index contributed by atoms with van der Waals surface area (Å²) in [6.45, 7) is 4.98. The molecule has 1 aliphatic rings. The van der Waals surface area contributed by atoms with Crippen molar-refractivity contribution in [2.24, 2.45) is 11.8 Å². The molecule has 2 N–H and O–H groups in total. The van der Waals surface area contributed by atoms with Crippen LogP contribution < -0.4 is 10.6 Å². The van der Waals surface area contributed by atoms with E-state index in [9.17, 15) is 9.59 Å². The van der Waals surface area contributed by atoms with Crippen LogP contribution in [0, 0.1) is 11.8 Å². The third-order valence-corrected chi connectivity index (χ3v) is 3.39. The highest BCUT2D eigenvalue weighted by molar-refractivity contribution is 5.80. The summed E-state index contributed by atoms with van der Waals surface area (Å²) in [5, 5.41) is 5.30. The van der Waals surface area contributed by atoms with Crippen molar-refractivity contribution < 1.29 is 14.3 Å². The maximum Gasteiger partial charge on any atom is 0.325 e. The van der Waals surface area contributed by atoms with E-state index >= 15 is 0 Å². The molecule has 0 aliphatic heterocycles. The van der Waals surface area contributed by atoms with Crippen LogP contribution in [0.25, 0.3) is 0 Å². The minimum absolute atomic E-state index is 0.0681. The van der Waals surface area contributed by atoms with Crippen LogP contribution in [0.2, 0.25) is 0 Å². The molecule has 1 aliphatic carbocycles. The van der Waals surface area contributed by atoms with E-state index in [0.717, 1.165) is 5.92 Å². The van der Waals surface area contributed by atoms with Gasteiger partial charge in [0.1, 0.15) is 6.54 Å². The smallest absolute Gasteiger partial charge is 0.325 e. The molecule has 18 heavy (non-hydrogen) atoms. The number of hydrogen-bond donors (Lipinski definition) is 2. The normalized spacial score (nSPS) is 23.2. The van der Waals surface area contributed by atoms with Crippen LogP contribution in [-0.2, 0) is 9.53 Å². The van der Waals surface area contributed by atoms with Gasteiger partial charge < -0.3 is 15.4 Å². The third kappa shape index (κ3) is 5.89. The molecule has 0 spiro atoms. The van der Waals surface area contributed by atoms with Gasteiger partial charge in [-0.05, 0) is 31.6 Å². The summed E-state index contributed by atoms with van der Waals surface area (Å²) in [6, 6.07) is -0.290. The van der Waals surface area contributed by atoms with Gasteiger partial charge in [-0.15, -0.1) is 0 Å². The number of esters is 1. The molecular weight excluding hydrogens is 232 g/mol. The van der Waals surface area contributed by atoms with Crippen LogP contribution >= 0.6 is 0 Å². The second-order valence-corrected chi connectivity index (χ2v) is 4.99. The summed E-state index contributed by atoms with van der Waals surface area (Å²) < 4.78 is 4.72. The molecule has 0 radical (unpaired) electrons. The Bertz CT molecular complexity index is 273. The first kappa shape index (κ1) is 14.8. The topological polar surface area (TPSA) is 67.4 Å². The van der Waals surface area contributed by atoms with Crippen LogP contribution in [0.1, 0.15) is 39.5 Å². The van der Waals surface area contributed by atoms with Gasteiger partial charge in [0.15, 0.2) is 0 Å². The number of carbonyl (C=O) groups is 2. The van der Waals surface area contributed by atoms with Gasteiger partial charge in [-0.2, -0.15) is 0 Å². The summed E-state index contributed by atoms with van der Waals surface area (Å²) in [4.78, 5) is 22.5. The van der Waals surface area contributed by atoms with Gasteiger partial charge >= 0.3 is 12.0 Å². The van der Waals surface area contributed by atoms with Crippen molar-refractivity contribution in [1.29, 1.82) is 0 Å². The fraction of sp³-hybridized carbons (Fsp3) is 0.846. The van der Waals surface area contributed by atoms with Gasteiger partial charge in [-0.3, -0.25) is 4.79 Å². The second kappa shape index (κ2) is 7.95. The van der Waals surface area contributed by atoms with Crippen LogP contribution in [0.3, 0.4) is 0 Å². The maximum atomic E-state index is 11.4. The number of nitrogens with one attached hydrogen (secondary N) is 2. The van der Waals surface area contributed by atoms with Crippen molar-refractivity contribution in [2.45, 2.75) is 39.5 Å². The van der Waals surface area contributed by atoms with E-state index in [-0.39, 0.29) is 12.6 Å². The van der Waals surface area contributed by atoms with E-state index in [1.54, 1.807) is 6.92 Å². The molecule has 0 bridgehead atoms. The van der Waals surface area contributed by atoms with E-state index in [2.05, 4.69) is 17.6 Å². The molecule has 0 atom stereocenters. The molecule has 104 valence electrons. The molecule has 0 aromatic heterocycles. The lowest BCUT2D eigenvalue weighted by molar-refractivity contribution is -0.141. The molecule has 0 aromatic carbocycles. The van der Waals surface area contributed by atoms with Gasteiger partial charge in [0.05, 0.1) is 6.61 Å². The monoisotopic (exact) mass is 256 g/mol. The Morgan fingerprint density at radius 2 is 1.83 bits per heavy atom. The lowest BCUT2D eigenvalue weighted by Gasteiger charge is -2.26. The average molecular weight is 256 g/mol. The number of rotatable bonds is 5. The molecule has 5 nitrogen and oxygen atoms in total. The Morgan fingerprint density at radius 1 is 1.17 bits per heavy atom. The molecule has 2 amide bonds. The molecule has 0 aromatic rings. The first-order valence-electron chi connectivity index (χ1n) is 6.79. The highest BCUT2D eigenvalue weighted by Gasteiger charge is 2.18. The first-order valence-corrected chi connectivity index (χ1v) is 6.79. The fourth-order valence-electron chi connectivity index (χ4n) is 2.20. The summed E-state index contributed by atoms with van der Waals surface area (Å²) in [5.74, 6) is 0.993. The number of ether oxygens (including phenoxy) is 1. The molecule has 5 heteroatoms. The van der Waals surface area contributed by atoms with E-state index in [4.69, 9.17) is 4.74 Å². The van der Waals surface area contributed by atoms with Crippen molar-refractivity contribution in [3.05, 3.63) is 0 Å². The van der Waals surface area contributed by atoms with Gasteiger partial charge in [0, 0.05) is 6.54 Å². The number of carbonyl (C=O) groups excluding carboxylic acids is 2. The third-order valence-electron chi connectivity index (χ3n) is 3.39. The molecular formula is C13H24N2O3. The molecule has 1 rings (SSSR count). The predicted molar refractivity (Wildman–Crippen MR) is 69.2 cm³/mol. The molecule has 0 unspecified atom stereocenters. The van der Waals surface area contributed by atoms with E-state index in [1.165, 1.54) is 25.7 Å². The highest BCUT2D eigenvalue weighted by atomic mass is 16.5. The van der Waals surface area contributed by atoms with E-state index < -0.39 is 5.97 Å². The Balaban J connectivity index is 2.08. The van der Waals surface area contributed by atoms with Gasteiger partial charge in [-0.25, -0.2) is 4.79 Å². The Morgan fingerprint density at radius 3 is 2.44 bits per heavy atom. The average Bonchev–Trinajstić information content (AvgIpc) is 2.36. The first-order chi connectivity index (χ1) is 8.61. The van der Waals surface area contributed by atoms with Crippen molar-refractivity contribution in [1.82, 2.24) is 10.6 Å². The Labute approximate surface area is 109 Å². The van der Waals surface area contributed by atoms with Crippen LogP contribution in [0.15, 0.2) is 0 Å². The highest BCUT2D eigenvalue weighted by Crippen LogP contribution is 2.27. The number of urea groups is 1. The molecule has 1 saturated carbocycles. The zero-order chi connectivity index (χ0) is 13.4. The lowest BCUT2D eigenvalue weighted by atomic mass is 9.83. The zero-order valence-electron chi connectivity index (χ0n) is 11.3. The maximum absolute atomic E-state index is 11.4.